The molecule has 1 unspecified atom stereocenters. The highest BCUT2D eigenvalue weighted by atomic mass is 16.5. The third kappa shape index (κ3) is 4.83. The Morgan fingerprint density at radius 2 is 1.96 bits per heavy atom. The topological polar surface area (TPSA) is 68.2 Å². The van der Waals surface area contributed by atoms with Crippen LogP contribution >= 0.6 is 0 Å². The first-order chi connectivity index (χ1) is 11.5. The minimum atomic E-state index is -0.413. The number of rotatable bonds is 8. The van der Waals surface area contributed by atoms with E-state index < -0.39 is 6.04 Å². The fraction of sp³-hybridized carbons (Fsp3) is 0.444. The lowest BCUT2D eigenvalue weighted by Gasteiger charge is -2.15. The zero-order valence-electron chi connectivity index (χ0n) is 14.7. The van der Waals surface area contributed by atoms with Crippen molar-refractivity contribution in [1.82, 2.24) is 20.4 Å². The number of aromatic nitrogens is 2. The highest BCUT2D eigenvalue weighted by Gasteiger charge is 2.19. The monoisotopic (exact) mass is 330 g/mol. The summed E-state index contributed by atoms with van der Waals surface area (Å²) in [6, 6.07) is 7.65. The minimum absolute atomic E-state index is 0.0933. The van der Waals surface area contributed by atoms with Crippen molar-refractivity contribution in [1.29, 1.82) is 0 Å². The van der Waals surface area contributed by atoms with E-state index in [9.17, 15) is 4.79 Å². The molecule has 0 radical (unpaired) electrons. The summed E-state index contributed by atoms with van der Waals surface area (Å²) in [6.07, 6.45) is 3.51. The van der Waals surface area contributed by atoms with Crippen LogP contribution in [0.1, 0.15) is 36.9 Å². The first kappa shape index (κ1) is 18.0. The van der Waals surface area contributed by atoms with Gasteiger partial charge in [-0.1, -0.05) is 26.0 Å². The number of nitrogens with one attached hydrogen (secondary N) is 2. The van der Waals surface area contributed by atoms with E-state index in [2.05, 4.69) is 41.7 Å². The van der Waals surface area contributed by atoms with Gasteiger partial charge in [0.2, 0.25) is 5.91 Å². The van der Waals surface area contributed by atoms with Gasteiger partial charge in [-0.2, -0.15) is 5.10 Å². The molecule has 1 heterocycles. The van der Waals surface area contributed by atoms with Gasteiger partial charge in [0.1, 0.15) is 18.4 Å². The number of hydrogen-bond acceptors (Lipinski definition) is 4. The molecule has 0 saturated carbocycles. The highest BCUT2D eigenvalue weighted by Crippen LogP contribution is 2.18. The zero-order chi connectivity index (χ0) is 17.5. The largest absolute Gasteiger partial charge is 0.492 e. The Hall–Kier alpha value is -2.34. The molecule has 1 amide bonds. The number of aryl methyl sites for hydroxylation is 1. The Labute approximate surface area is 143 Å². The molecule has 0 aliphatic rings. The second kappa shape index (κ2) is 8.49. The smallest absolute Gasteiger partial charge is 0.241 e. The van der Waals surface area contributed by atoms with Crippen molar-refractivity contribution < 1.29 is 9.53 Å². The highest BCUT2D eigenvalue weighted by molar-refractivity contribution is 5.82. The van der Waals surface area contributed by atoms with Crippen LogP contribution in [-0.4, -0.2) is 35.9 Å². The molecule has 130 valence electrons. The summed E-state index contributed by atoms with van der Waals surface area (Å²) in [7, 11) is 3.58. The summed E-state index contributed by atoms with van der Waals surface area (Å²) < 4.78 is 7.34. The predicted molar refractivity (Wildman–Crippen MR) is 94.0 cm³/mol. The number of nitrogens with zero attached hydrogens (tertiary/aromatic N) is 2. The van der Waals surface area contributed by atoms with Gasteiger partial charge >= 0.3 is 0 Å². The Kier molecular flexibility index (Phi) is 6.37. The van der Waals surface area contributed by atoms with Crippen molar-refractivity contribution >= 4 is 5.91 Å². The number of benzene rings is 1. The third-order valence-corrected chi connectivity index (χ3v) is 3.83. The lowest BCUT2D eigenvalue weighted by Crippen LogP contribution is -2.37. The molecule has 2 rings (SSSR count). The summed E-state index contributed by atoms with van der Waals surface area (Å²) in [5.41, 5.74) is 2.12. The molecule has 2 N–H and O–H groups in total. The van der Waals surface area contributed by atoms with Gasteiger partial charge in [0.15, 0.2) is 0 Å². The SMILES string of the molecule is CNC(C(=O)NCCOc1ccc(C(C)C)cc1)c1cnn(C)c1. The van der Waals surface area contributed by atoms with Crippen LogP contribution in [0.15, 0.2) is 36.7 Å². The fourth-order valence-electron chi connectivity index (χ4n) is 2.43. The fourth-order valence-corrected chi connectivity index (χ4v) is 2.43. The van der Waals surface area contributed by atoms with E-state index in [0.29, 0.717) is 19.1 Å². The lowest BCUT2D eigenvalue weighted by atomic mass is 10.0. The molecule has 0 aliphatic carbocycles. The molecule has 0 bridgehead atoms. The van der Waals surface area contributed by atoms with Gasteiger partial charge in [0, 0.05) is 18.8 Å². The molecule has 2 aromatic rings. The lowest BCUT2D eigenvalue weighted by molar-refractivity contribution is -0.123. The van der Waals surface area contributed by atoms with E-state index in [1.54, 1.807) is 17.9 Å². The molecule has 1 aromatic carbocycles. The van der Waals surface area contributed by atoms with Crippen LogP contribution < -0.4 is 15.4 Å². The number of likely N-dealkylation sites (N-methyl/N-ethyl adjacent to an activating group) is 1. The van der Waals surface area contributed by atoms with Gasteiger partial charge in [0.05, 0.1) is 12.7 Å². The second-order valence-corrected chi connectivity index (χ2v) is 6.03. The van der Waals surface area contributed by atoms with Crippen molar-refractivity contribution in [2.24, 2.45) is 7.05 Å². The summed E-state index contributed by atoms with van der Waals surface area (Å²) in [6.45, 7) is 5.19. The number of amides is 1. The summed E-state index contributed by atoms with van der Waals surface area (Å²) in [5, 5.41) is 9.97. The van der Waals surface area contributed by atoms with E-state index in [1.165, 1.54) is 5.56 Å². The Balaban J connectivity index is 1.77. The van der Waals surface area contributed by atoms with Crippen molar-refractivity contribution in [2.75, 3.05) is 20.2 Å². The number of hydrogen-bond donors (Lipinski definition) is 2. The predicted octanol–water partition coefficient (Wildman–Crippen LogP) is 2.00. The van der Waals surface area contributed by atoms with E-state index >= 15 is 0 Å². The first-order valence-corrected chi connectivity index (χ1v) is 8.17. The van der Waals surface area contributed by atoms with Gasteiger partial charge in [-0.3, -0.25) is 9.48 Å². The van der Waals surface area contributed by atoms with E-state index in [1.807, 2.05) is 25.4 Å². The Bertz CT molecular complexity index is 649. The Morgan fingerprint density at radius 1 is 1.25 bits per heavy atom. The van der Waals surface area contributed by atoms with Crippen LogP contribution in [0.4, 0.5) is 0 Å². The molecule has 1 atom stereocenters. The second-order valence-electron chi connectivity index (χ2n) is 6.03. The summed E-state index contributed by atoms with van der Waals surface area (Å²) >= 11 is 0. The molecule has 0 spiro atoms. The summed E-state index contributed by atoms with van der Waals surface area (Å²) in [5.74, 6) is 1.22. The van der Waals surface area contributed by atoms with Gasteiger partial charge in [-0.15, -0.1) is 0 Å². The van der Waals surface area contributed by atoms with E-state index in [0.717, 1.165) is 11.3 Å². The Morgan fingerprint density at radius 3 is 2.50 bits per heavy atom. The standard InChI is InChI=1S/C18H26N4O2/c1-13(2)14-5-7-16(8-6-14)24-10-9-20-18(23)17(19-3)15-11-21-22(4)12-15/h5-8,11-13,17,19H,9-10H2,1-4H3,(H,20,23). The van der Waals surface area contributed by atoms with Crippen LogP contribution in [0.5, 0.6) is 5.75 Å². The summed E-state index contributed by atoms with van der Waals surface area (Å²) in [4.78, 5) is 12.2. The molecule has 6 heteroatoms. The quantitative estimate of drug-likeness (QED) is 0.727. The number of carbonyl (C=O) groups is 1. The van der Waals surface area contributed by atoms with Crippen LogP contribution in [0.25, 0.3) is 0 Å². The van der Waals surface area contributed by atoms with Crippen LogP contribution in [-0.2, 0) is 11.8 Å². The zero-order valence-corrected chi connectivity index (χ0v) is 14.7. The maximum Gasteiger partial charge on any atom is 0.241 e. The molecule has 0 aliphatic heterocycles. The van der Waals surface area contributed by atoms with Crippen molar-refractivity contribution in [3.8, 4) is 5.75 Å². The molecule has 6 nitrogen and oxygen atoms in total. The van der Waals surface area contributed by atoms with Gasteiger partial charge in [-0.05, 0) is 30.7 Å². The first-order valence-electron chi connectivity index (χ1n) is 8.17. The average molecular weight is 330 g/mol. The van der Waals surface area contributed by atoms with Gasteiger partial charge in [0.25, 0.3) is 0 Å². The van der Waals surface area contributed by atoms with Crippen LogP contribution in [0.3, 0.4) is 0 Å². The molecule has 0 saturated heterocycles. The number of ether oxygens (including phenoxy) is 1. The molecule has 1 aromatic heterocycles. The van der Waals surface area contributed by atoms with Gasteiger partial charge in [-0.25, -0.2) is 0 Å². The third-order valence-electron chi connectivity index (χ3n) is 3.83. The average Bonchev–Trinajstić information content (AvgIpc) is 2.99. The minimum Gasteiger partial charge on any atom is -0.492 e. The van der Waals surface area contributed by atoms with Gasteiger partial charge < -0.3 is 15.4 Å². The maximum atomic E-state index is 12.2. The van der Waals surface area contributed by atoms with Crippen molar-refractivity contribution in [3.63, 3.8) is 0 Å². The normalized spacial score (nSPS) is 12.2. The van der Waals surface area contributed by atoms with E-state index in [4.69, 9.17) is 4.74 Å². The molecular weight excluding hydrogens is 304 g/mol. The van der Waals surface area contributed by atoms with Crippen LogP contribution in [0, 0.1) is 0 Å². The van der Waals surface area contributed by atoms with E-state index in [-0.39, 0.29) is 5.91 Å². The van der Waals surface area contributed by atoms with Crippen LogP contribution in [0.2, 0.25) is 0 Å². The van der Waals surface area contributed by atoms with Crippen molar-refractivity contribution in [2.45, 2.75) is 25.8 Å². The number of carbonyl (C=O) groups excluding carboxylic acids is 1. The maximum absolute atomic E-state index is 12.2. The molecule has 24 heavy (non-hydrogen) atoms. The molecule has 0 fully saturated rings. The molecular formula is C18H26N4O2. The van der Waals surface area contributed by atoms with Crippen molar-refractivity contribution in [3.05, 3.63) is 47.8 Å².